The Bertz CT molecular complexity index is 1060. The molecule has 35 heavy (non-hydrogen) atoms. The summed E-state index contributed by atoms with van der Waals surface area (Å²) in [6.45, 7) is 2.06. The molecule has 0 saturated heterocycles. The van der Waals surface area contributed by atoms with Crippen LogP contribution in [0, 0.1) is 0 Å². The molecule has 1 aliphatic heterocycles. The number of carboxylic acids is 1. The maximum atomic E-state index is 12.5. The monoisotopic (exact) mass is 484 g/mol. The van der Waals surface area contributed by atoms with Gasteiger partial charge in [-0.25, -0.2) is 9.59 Å². The fraction of sp³-hybridized carbons (Fsp3) is 0.304. The molecular formula is C23H28N6O6. The summed E-state index contributed by atoms with van der Waals surface area (Å²) in [4.78, 5) is 40.3. The van der Waals surface area contributed by atoms with E-state index in [0.29, 0.717) is 24.6 Å². The molecule has 0 radical (unpaired) electrons. The number of aliphatic carboxylic acids is 1. The minimum Gasteiger partial charge on any atom is -0.507 e. The van der Waals surface area contributed by atoms with Crippen molar-refractivity contribution < 1.29 is 29.3 Å². The summed E-state index contributed by atoms with van der Waals surface area (Å²) < 4.78 is 5.57. The van der Waals surface area contributed by atoms with Crippen molar-refractivity contribution in [3.05, 3.63) is 54.1 Å². The maximum Gasteiger partial charge on any atom is 0.328 e. The van der Waals surface area contributed by atoms with Gasteiger partial charge in [-0.15, -0.1) is 0 Å². The van der Waals surface area contributed by atoms with E-state index in [0.717, 1.165) is 25.5 Å². The molecule has 12 nitrogen and oxygen atoms in total. The summed E-state index contributed by atoms with van der Waals surface area (Å²) in [5, 5.41) is 33.0. The van der Waals surface area contributed by atoms with Gasteiger partial charge in [0.2, 0.25) is 0 Å². The molecule has 1 heterocycles. The molecule has 3 rings (SSSR count). The normalized spacial score (nSPS) is 13.4. The Morgan fingerprint density at radius 1 is 1.14 bits per heavy atom. The summed E-state index contributed by atoms with van der Waals surface area (Å²) in [5.74, 6) is -1.27. The molecule has 0 aromatic heterocycles. The fourth-order valence-electron chi connectivity index (χ4n) is 3.12. The zero-order valence-electron chi connectivity index (χ0n) is 18.9. The number of nitrogens with zero attached hydrogens (tertiary/aromatic N) is 1. The molecule has 186 valence electrons. The Balaban J connectivity index is 1.46. The van der Waals surface area contributed by atoms with Crippen LogP contribution >= 0.6 is 0 Å². The number of phenolic OH excluding ortho intramolecular Hbond substituents is 1. The van der Waals surface area contributed by atoms with Gasteiger partial charge in [-0.3, -0.25) is 9.79 Å². The third-order valence-corrected chi connectivity index (χ3v) is 4.88. The molecule has 0 aliphatic carbocycles. The zero-order chi connectivity index (χ0) is 25.0. The second-order valence-corrected chi connectivity index (χ2v) is 7.53. The largest absolute Gasteiger partial charge is 0.507 e. The van der Waals surface area contributed by atoms with Gasteiger partial charge in [-0.2, -0.15) is 0 Å². The number of urea groups is 1. The molecular weight excluding hydrogens is 456 g/mol. The number of carbonyl (C=O) groups is 3. The Morgan fingerprint density at radius 2 is 1.94 bits per heavy atom. The number of phenols is 1. The molecule has 1 atom stereocenters. The number of guanidine groups is 1. The number of amides is 3. The fourth-order valence-corrected chi connectivity index (χ4v) is 3.12. The quantitative estimate of drug-likeness (QED) is 0.242. The molecule has 0 unspecified atom stereocenters. The molecule has 7 N–H and O–H groups in total. The summed E-state index contributed by atoms with van der Waals surface area (Å²) in [6.07, 6.45) is 0.998. The van der Waals surface area contributed by atoms with Crippen molar-refractivity contribution in [2.45, 2.75) is 12.5 Å². The summed E-state index contributed by atoms with van der Waals surface area (Å²) >= 11 is 0. The summed E-state index contributed by atoms with van der Waals surface area (Å²) in [5.41, 5.74) is 0.426. The standard InChI is InChI=1S/C23H28N6O6/c30-19-13-16(35-12-11-26-22-24-9-4-10-25-22)7-8-17(19)20(31)27-14-18(21(32)33)29-23(34)28-15-5-2-1-3-6-15/h1-3,5-8,13,18,30H,4,9-12,14H2,(H,27,31)(H,32,33)(H2,24,25,26)(H2,28,29,34)/t18-/m0/s1. The second kappa shape index (κ2) is 12.7. The minimum absolute atomic E-state index is 0.0610. The lowest BCUT2D eigenvalue weighted by atomic mass is 10.1. The van der Waals surface area contributed by atoms with E-state index in [1.54, 1.807) is 30.3 Å². The maximum absolute atomic E-state index is 12.5. The van der Waals surface area contributed by atoms with Gasteiger partial charge in [0.15, 0.2) is 5.96 Å². The van der Waals surface area contributed by atoms with Gasteiger partial charge in [0, 0.05) is 31.4 Å². The third kappa shape index (κ3) is 8.11. The Morgan fingerprint density at radius 3 is 2.63 bits per heavy atom. The SMILES string of the molecule is O=C(Nc1ccccc1)N[C@@H](CNC(=O)c1ccc(OCCNC2=NCCCN2)cc1O)C(=O)O. The van der Waals surface area contributed by atoms with Crippen LogP contribution < -0.4 is 31.3 Å². The number of aliphatic imine (C=N–C) groups is 1. The van der Waals surface area contributed by atoms with E-state index in [4.69, 9.17) is 4.74 Å². The van der Waals surface area contributed by atoms with Gasteiger partial charge < -0.3 is 41.5 Å². The van der Waals surface area contributed by atoms with E-state index in [9.17, 15) is 24.6 Å². The van der Waals surface area contributed by atoms with Gasteiger partial charge >= 0.3 is 12.0 Å². The number of anilines is 1. The lowest BCUT2D eigenvalue weighted by Crippen LogP contribution is -2.49. The highest BCUT2D eigenvalue weighted by Gasteiger charge is 2.22. The van der Waals surface area contributed by atoms with Crippen LogP contribution in [-0.4, -0.2) is 72.9 Å². The number of carbonyl (C=O) groups excluding carboxylic acids is 2. The molecule has 12 heteroatoms. The van der Waals surface area contributed by atoms with E-state index < -0.39 is 30.5 Å². The van der Waals surface area contributed by atoms with Gasteiger partial charge in [0.1, 0.15) is 24.1 Å². The molecule has 0 spiro atoms. The molecule has 2 aromatic rings. The Hall–Kier alpha value is -4.48. The first-order chi connectivity index (χ1) is 16.9. The number of benzene rings is 2. The number of rotatable bonds is 10. The van der Waals surface area contributed by atoms with Crippen LogP contribution in [-0.2, 0) is 4.79 Å². The number of hydrogen-bond acceptors (Lipinski definition) is 8. The summed E-state index contributed by atoms with van der Waals surface area (Å²) in [7, 11) is 0. The van der Waals surface area contributed by atoms with Crippen LogP contribution in [0.4, 0.5) is 10.5 Å². The van der Waals surface area contributed by atoms with Crippen LogP contribution in [0.1, 0.15) is 16.8 Å². The number of ether oxygens (including phenoxy) is 1. The molecule has 3 amide bonds. The first-order valence-corrected chi connectivity index (χ1v) is 11.0. The Labute approximate surface area is 201 Å². The highest BCUT2D eigenvalue weighted by Crippen LogP contribution is 2.23. The zero-order valence-corrected chi connectivity index (χ0v) is 18.9. The van der Waals surface area contributed by atoms with E-state index in [-0.39, 0.29) is 11.3 Å². The number of hydrogen-bond donors (Lipinski definition) is 7. The lowest BCUT2D eigenvalue weighted by Gasteiger charge is -2.17. The van der Waals surface area contributed by atoms with Crippen LogP contribution in [0.5, 0.6) is 11.5 Å². The van der Waals surface area contributed by atoms with Crippen molar-refractivity contribution >= 4 is 29.6 Å². The third-order valence-electron chi connectivity index (χ3n) is 4.88. The first kappa shape index (κ1) is 25.1. The average Bonchev–Trinajstić information content (AvgIpc) is 2.85. The van der Waals surface area contributed by atoms with Crippen LogP contribution in [0.15, 0.2) is 53.5 Å². The minimum atomic E-state index is -1.39. The van der Waals surface area contributed by atoms with Crippen molar-refractivity contribution in [3.8, 4) is 11.5 Å². The van der Waals surface area contributed by atoms with Crippen molar-refractivity contribution in [3.63, 3.8) is 0 Å². The van der Waals surface area contributed by atoms with Crippen molar-refractivity contribution in [2.24, 2.45) is 4.99 Å². The molecule has 2 aromatic carbocycles. The molecule has 0 fully saturated rings. The van der Waals surface area contributed by atoms with Crippen molar-refractivity contribution in [1.29, 1.82) is 0 Å². The topological polar surface area (TPSA) is 173 Å². The van der Waals surface area contributed by atoms with Gasteiger partial charge in [-0.1, -0.05) is 18.2 Å². The van der Waals surface area contributed by atoms with Crippen LogP contribution in [0.3, 0.4) is 0 Å². The van der Waals surface area contributed by atoms with Crippen LogP contribution in [0.25, 0.3) is 0 Å². The van der Waals surface area contributed by atoms with Crippen molar-refractivity contribution in [2.75, 3.05) is 38.1 Å². The van der Waals surface area contributed by atoms with Gasteiger partial charge in [0.05, 0.1) is 12.1 Å². The van der Waals surface area contributed by atoms with E-state index in [1.807, 2.05) is 0 Å². The van der Waals surface area contributed by atoms with E-state index in [1.165, 1.54) is 18.2 Å². The highest BCUT2D eigenvalue weighted by molar-refractivity contribution is 5.97. The number of aromatic hydroxyl groups is 1. The second-order valence-electron chi connectivity index (χ2n) is 7.53. The molecule has 0 bridgehead atoms. The number of carboxylic acid groups (broad SMARTS) is 1. The van der Waals surface area contributed by atoms with Crippen LogP contribution in [0.2, 0.25) is 0 Å². The molecule has 1 aliphatic rings. The van der Waals surface area contributed by atoms with E-state index in [2.05, 4.69) is 31.6 Å². The predicted octanol–water partition coefficient (Wildman–Crippen LogP) is 0.715. The van der Waals surface area contributed by atoms with Gasteiger partial charge in [-0.05, 0) is 30.7 Å². The number of nitrogens with one attached hydrogen (secondary N) is 5. The number of para-hydroxylation sites is 1. The lowest BCUT2D eigenvalue weighted by molar-refractivity contribution is -0.138. The predicted molar refractivity (Wildman–Crippen MR) is 129 cm³/mol. The van der Waals surface area contributed by atoms with Gasteiger partial charge in [0.25, 0.3) is 5.91 Å². The first-order valence-electron chi connectivity index (χ1n) is 11.0. The van der Waals surface area contributed by atoms with Crippen molar-refractivity contribution in [1.82, 2.24) is 21.3 Å². The summed E-state index contributed by atoms with van der Waals surface area (Å²) in [6, 6.07) is 10.6. The van der Waals surface area contributed by atoms with E-state index >= 15 is 0 Å². The highest BCUT2D eigenvalue weighted by atomic mass is 16.5. The Kier molecular flexibility index (Phi) is 9.11. The molecule has 0 saturated carbocycles. The smallest absolute Gasteiger partial charge is 0.328 e. The average molecular weight is 485 g/mol.